The van der Waals surface area contributed by atoms with Crippen LogP contribution in [0.3, 0.4) is 0 Å². The maximum absolute atomic E-state index is 5.28. The minimum Gasteiger partial charge on any atom is -0.497 e. The summed E-state index contributed by atoms with van der Waals surface area (Å²) in [6, 6.07) is 5.92. The molecule has 6 heteroatoms. The molecule has 1 unspecified atom stereocenters. The van der Waals surface area contributed by atoms with Gasteiger partial charge in [0.05, 0.1) is 20.3 Å². The molecule has 0 aliphatic carbocycles. The van der Waals surface area contributed by atoms with Crippen molar-refractivity contribution in [2.24, 2.45) is 0 Å². The maximum Gasteiger partial charge on any atom is 0.181 e. The summed E-state index contributed by atoms with van der Waals surface area (Å²) in [7, 11) is 3.27. The standard InChI is InChI=1S/C15H20N4O2/c1-20-11-7-10(8-12(9-11)21-2)14-17-15(19-18-14)13-5-3-4-6-16-13/h7-9,13,16H,3-6H2,1-2H3,(H,17,18,19). The van der Waals surface area contributed by atoms with Gasteiger partial charge in [0.1, 0.15) is 17.3 Å². The van der Waals surface area contributed by atoms with Crippen molar-refractivity contribution < 1.29 is 9.47 Å². The van der Waals surface area contributed by atoms with E-state index in [1.54, 1.807) is 14.2 Å². The molecule has 0 spiro atoms. The van der Waals surface area contributed by atoms with Gasteiger partial charge in [-0.05, 0) is 31.5 Å². The molecule has 112 valence electrons. The Hall–Kier alpha value is -2.08. The lowest BCUT2D eigenvalue weighted by molar-refractivity contribution is 0.394. The highest BCUT2D eigenvalue weighted by atomic mass is 16.5. The first kappa shape index (κ1) is 13.9. The predicted molar refractivity (Wildman–Crippen MR) is 79.5 cm³/mol. The summed E-state index contributed by atoms with van der Waals surface area (Å²) in [6.07, 6.45) is 3.54. The molecule has 1 aliphatic heterocycles. The van der Waals surface area contributed by atoms with E-state index in [-0.39, 0.29) is 6.04 Å². The Bertz CT molecular complexity index is 583. The number of hydrogen-bond acceptors (Lipinski definition) is 5. The molecule has 21 heavy (non-hydrogen) atoms. The number of benzene rings is 1. The van der Waals surface area contributed by atoms with E-state index in [1.807, 2.05) is 18.2 Å². The highest BCUT2D eigenvalue weighted by molar-refractivity contribution is 5.60. The number of hydrogen-bond donors (Lipinski definition) is 2. The molecule has 0 amide bonds. The van der Waals surface area contributed by atoms with E-state index < -0.39 is 0 Å². The third-order valence-corrected chi connectivity index (χ3v) is 3.75. The molecule has 2 aromatic rings. The number of nitrogens with one attached hydrogen (secondary N) is 2. The van der Waals surface area contributed by atoms with E-state index >= 15 is 0 Å². The van der Waals surface area contributed by atoms with E-state index in [2.05, 4.69) is 20.5 Å². The van der Waals surface area contributed by atoms with E-state index in [9.17, 15) is 0 Å². The van der Waals surface area contributed by atoms with Crippen LogP contribution in [0.5, 0.6) is 11.5 Å². The smallest absolute Gasteiger partial charge is 0.181 e. The van der Waals surface area contributed by atoms with Gasteiger partial charge in [0, 0.05) is 11.6 Å². The molecule has 1 aromatic heterocycles. The van der Waals surface area contributed by atoms with Gasteiger partial charge in [0.2, 0.25) is 0 Å². The van der Waals surface area contributed by atoms with Gasteiger partial charge < -0.3 is 14.8 Å². The van der Waals surface area contributed by atoms with Crippen LogP contribution in [0.25, 0.3) is 11.4 Å². The first-order chi connectivity index (χ1) is 10.3. The Morgan fingerprint density at radius 3 is 2.48 bits per heavy atom. The second-order valence-electron chi connectivity index (χ2n) is 5.15. The van der Waals surface area contributed by atoms with Crippen LogP contribution < -0.4 is 14.8 Å². The summed E-state index contributed by atoms with van der Waals surface area (Å²) in [5.41, 5.74) is 0.879. The molecule has 1 fully saturated rings. The lowest BCUT2D eigenvalue weighted by atomic mass is 10.0. The topological polar surface area (TPSA) is 72.1 Å². The largest absolute Gasteiger partial charge is 0.497 e. The number of rotatable bonds is 4. The fourth-order valence-electron chi connectivity index (χ4n) is 2.58. The Kier molecular flexibility index (Phi) is 4.06. The molecule has 1 atom stereocenters. The van der Waals surface area contributed by atoms with Gasteiger partial charge in [0.25, 0.3) is 0 Å². The van der Waals surface area contributed by atoms with E-state index in [4.69, 9.17) is 9.47 Å². The van der Waals surface area contributed by atoms with Crippen molar-refractivity contribution in [1.82, 2.24) is 20.5 Å². The normalized spacial score (nSPS) is 18.5. The average Bonchev–Trinajstić information content (AvgIpc) is 3.05. The first-order valence-electron chi connectivity index (χ1n) is 7.19. The Morgan fingerprint density at radius 1 is 1.10 bits per heavy atom. The SMILES string of the molecule is COc1cc(OC)cc(-c2n[nH]c(C3CCCCN3)n2)c1. The van der Waals surface area contributed by atoms with Gasteiger partial charge in [-0.25, -0.2) is 4.98 Å². The zero-order valence-electron chi connectivity index (χ0n) is 12.3. The molecule has 1 aromatic carbocycles. The number of nitrogens with zero attached hydrogens (tertiary/aromatic N) is 2. The van der Waals surface area contributed by atoms with Crippen molar-refractivity contribution in [1.29, 1.82) is 0 Å². The molecule has 1 saturated heterocycles. The molecule has 1 aliphatic rings. The summed E-state index contributed by atoms with van der Waals surface area (Å²) >= 11 is 0. The number of aromatic amines is 1. The van der Waals surface area contributed by atoms with Crippen LogP contribution in [0, 0.1) is 0 Å². The maximum atomic E-state index is 5.28. The van der Waals surface area contributed by atoms with Crippen LogP contribution in [-0.2, 0) is 0 Å². The minimum absolute atomic E-state index is 0.271. The summed E-state index contributed by atoms with van der Waals surface area (Å²) in [6.45, 7) is 1.04. The highest BCUT2D eigenvalue weighted by Crippen LogP contribution is 2.29. The lowest BCUT2D eigenvalue weighted by Gasteiger charge is -2.20. The third-order valence-electron chi connectivity index (χ3n) is 3.75. The van der Waals surface area contributed by atoms with Crippen LogP contribution in [0.15, 0.2) is 18.2 Å². The molecular formula is C15H20N4O2. The molecule has 0 saturated carbocycles. The minimum atomic E-state index is 0.271. The van der Waals surface area contributed by atoms with Crippen molar-refractivity contribution in [3.05, 3.63) is 24.0 Å². The van der Waals surface area contributed by atoms with Crippen LogP contribution in [0.2, 0.25) is 0 Å². The zero-order chi connectivity index (χ0) is 14.7. The highest BCUT2D eigenvalue weighted by Gasteiger charge is 2.19. The first-order valence-corrected chi connectivity index (χ1v) is 7.19. The molecule has 6 nitrogen and oxygen atoms in total. The van der Waals surface area contributed by atoms with E-state index in [0.717, 1.165) is 35.9 Å². The monoisotopic (exact) mass is 288 g/mol. The van der Waals surface area contributed by atoms with Gasteiger partial charge in [0.15, 0.2) is 5.82 Å². The van der Waals surface area contributed by atoms with Crippen molar-refractivity contribution in [3.63, 3.8) is 0 Å². The van der Waals surface area contributed by atoms with Crippen LogP contribution >= 0.6 is 0 Å². The fraction of sp³-hybridized carbons (Fsp3) is 0.467. The Labute approximate surface area is 123 Å². The predicted octanol–water partition coefficient (Wildman–Crippen LogP) is 2.30. The van der Waals surface area contributed by atoms with Gasteiger partial charge in [-0.1, -0.05) is 6.42 Å². The van der Waals surface area contributed by atoms with Gasteiger partial charge in [-0.3, -0.25) is 5.10 Å². The lowest BCUT2D eigenvalue weighted by Crippen LogP contribution is -2.27. The third kappa shape index (κ3) is 3.00. The van der Waals surface area contributed by atoms with Gasteiger partial charge in [-0.2, -0.15) is 5.10 Å². The second kappa shape index (κ2) is 6.13. The Morgan fingerprint density at radius 2 is 1.86 bits per heavy atom. The number of piperidine rings is 1. The zero-order valence-corrected chi connectivity index (χ0v) is 12.3. The number of H-pyrrole nitrogens is 1. The molecule has 3 rings (SSSR count). The quantitative estimate of drug-likeness (QED) is 0.903. The van der Waals surface area contributed by atoms with Crippen molar-refractivity contribution in [3.8, 4) is 22.9 Å². The molecule has 0 bridgehead atoms. The Balaban J connectivity index is 1.88. The van der Waals surface area contributed by atoms with Crippen LogP contribution in [0.4, 0.5) is 0 Å². The van der Waals surface area contributed by atoms with Crippen molar-refractivity contribution in [2.45, 2.75) is 25.3 Å². The summed E-state index contributed by atoms with van der Waals surface area (Å²) in [5, 5.41) is 10.8. The van der Waals surface area contributed by atoms with Gasteiger partial charge in [-0.15, -0.1) is 0 Å². The fourth-order valence-corrected chi connectivity index (χ4v) is 2.58. The number of aromatic nitrogens is 3. The molecular weight excluding hydrogens is 268 g/mol. The van der Waals surface area contributed by atoms with E-state index in [0.29, 0.717) is 5.82 Å². The molecule has 2 heterocycles. The average molecular weight is 288 g/mol. The summed E-state index contributed by atoms with van der Waals surface area (Å²) in [4.78, 5) is 4.61. The van der Waals surface area contributed by atoms with Crippen molar-refractivity contribution in [2.75, 3.05) is 20.8 Å². The van der Waals surface area contributed by atoms with Crippen LogP contribution in [-0.4, -0.2) is 35.9 Å². The second-order valence-corrected chi connectivity index (χ2v) is 5.15. The summed E-state index contributed by atoms with van der Waals surface area (Å²) in [5.74, 6) is 3.01. The van der Waals surface area contributed by atoms with Gasteiger partial charge >= 0.3 is 0 Å². The van der Waals surface area contributed by atoms with Crippen LogP contribution in [0.1, 0.15) is 31.1 Å². The number of methoxy groups -OCH3 is 2. The van der Waals surface area contributed by atoms with E-state index in [1.165, 1.54) is 12.8 Å². The van der Waals surface area contributed by atoms with Crippen molar-refractivity contribution >= 4 is 0 Å². The molecule has 2 N–H and O–H groups in total. The summed E-state index contributed by atoms with van der Waals surface area (Å²) < 4.78 is 10.6. The molecule has 0 radical (unpaired) electrons. The number of ether oxygens (including phenoxy) is 2.